The first-order valence-electron chi connectivity index (χ1n) is 6.99. The summed E-state index contributed by atoms with van der Waals surface area (Å²) in [4.78, 5) is 12.2. The minimum absolute atomic E-state index is 0.0161. The summed E-state index contributed by atoms with van der Waals surface area (Å²) < 4.78 is 1.95. The molecule has 0 spiro atoms. The molecule has 1 amide bonds. The minimum atomic E-state index is -0.0161. The summed E-state index contributed by atoms with van der Waals surface area (Å²) in [5.74, 6) is -0.0161. The van der Waals surface area contributed by atoms with Crippen molar-refractivity contribution in [3.63, 3.8) is 0 Å². The van der Waals surface area contributed by atoms with Gasteiger partial charge in [-0.3, -0.25) is 4.79 Å². The van der Waals surface area contributed by atoms with Crippen LogP contribution in [0.25, 0.3) is 0 Å². The standard InChI is InChI=1S/C17H19ClN2OS/c1-13-15(18)9-6-10-16(13)20(22-2)12-17(21)19-11-14-7-4-3-5-8-14/h3-10H,11-12H2,1-2H3,(H,19,21). The van der Waals surface area contributed by atoms with Crippen LogP contribution in [0.3, 0.4) is 0 Å². The van der Waals surface area contributed by atoms with Gasteiger partial charge in [0.15, 0.2) is 0 Å². The fourth-order valence-corrected chi connectivity index (χ4v) is 2.91. The van der Waals surface area contributed by atoms with E-state index in [1.54, 1.807) is 0 Å². The number of carbonyl (C=O) groups excluding carboxylic acids is 1. The van der Waals surface area contributed by atoms with E-state index >= 15 is 0 Å². The second kappa shape index (κ2) is 8.11. The van der Waals surface area contributed by atoms with Crippen LogP contribution in [0.1, 0.15) is 11.1 Å². The van der Waals surface area contributed by atoms with Gasteiger partial charge in [0.1, 0.15) is 6.54 Å². The molecule has 0 heterocycles. The molecule has 2 aromatic carbocycles. The normalized spacial score (nSPS) is 10.3. The second-order valence-electron chi connectivity index (χ2n) is 4.87. The highest BCUT2D eigenvalue weighted by Gasteiger charge is 2.14. The molecule has 2 aromatic rings. The van der Waals surface area contributed by atoms with E-state index in [9.17, 15) is 4.79 Å². The molecule has 0 bridgehead atoms. The van der Waals surface area contributed by atoms with Crippen molar-refractivity contribution in [1.29, 1.82) is 0 Å². The van der Waals surface area contributed by atoms with Crippen LogP contribution in [-0.2, 0) is 11.3 Å². The molecule has 116 valence electrons. The number of halogens is 1. The Hall–Kier alpha value is -1.65. The van der Waals surface area contributed by atoms with Gasteiger partial charge in [-0.2, -0.15) is 0 Å². The van der Waals surface area contributed by atoms with E-state index in [-0.39, 0.29) is 12.5 Å². The Labute approximate surface area is 140 Å². The summed E-state index contributed by atoms with van der Waals surface area (Å²) in [6.45, 7) is 2.79. The van der Waals surface area contributed by atoms with Crippen molar-refractivity contribution in [1.82, 2.24) is 5.32 Å². The van der Waals surface area contributed by atoms with Crippen LogP contribution in [0.4, 0.5) is 5.69 Å². The van der Waals surface area contributed by atoms with Gasteiger partial charge in [-0.25, -0.2) is 0 Å². The Morgan fingerprint density at radius 1 is 1.18 bits per heavy atom. The number of amides is 1. The second-order valence-corrected chi connectivity index (χ2v) is 6.08. The Balaban J connectivity index is 1.98. The van der Waals surface area contributed by atoms with Gasteiger partial charge in [-0.1, -0.05) is 59.9 Å². The van der Waals surface area contributed by atoms with Crippen molar-refractivity contribution in [2.24, 2.45) is 0 Å². The highest BCUT2D eigenvalue weighted by Crippen LogP contribution is 2.29. The maximum Gasteiger partial charge on any atom is 0.240 e. The molecule has 0 aliphatic carbocycles. The zero-order chi connectivity index (χ0) is 15.9. The van der Waals surface area contributed by atoms with Gasteiger partial charge in [-0.05, 0) is 30.2 Å². The molecule has 0 aromatic heterocycles. The molecule has 0 atom stereocenters. The first kappa shape index (κ1) is 16.7. The molecule has 0 unspecified atom stereocenters. The number of rotatable bonds is 6. The maximum atomic E-state index is 12.2. The summed E-state index contributed by atoms with van der Waals surface area (Å²) in [5, 5.41) is 3.65. The van der Waals surface area contributed by atoms with E-state index in [2.05, 4.69) is 5.32 Å². The third-order valence-electron chi connectivity index (χ3n) is 3.35. The number of hydrogen-bond acceptors (Lipinski definition) is 3. The van der Waals surface area contributed by atoms with E-state index in [0.717, 1.165) is 16.8 Å². The predicted molar refractivity (Wildman–Crippen MR) is 95.3 cm³/mol. The summed E-state index contributed by atoms with van der Waals surface area (Å²) >= 11 is 7.67. The lowest BCUT2D eigenvalue weighted by atomic mass is 10.2. The van der Waals surface area contributed by atoms with Crippen LogP contribution < -0.4 is 9.62 Å². The molecule has 0 radical (unpaired) electrons. The smallest absolute Gasteiger partial charge is 0.240 e. The van der Waals surface area contributed by atoms with Crippen molar-refractivity contribution in [3.05, 3.63) is 64.7 Å². The van der Waals surface area contributed by atoms with E-state index < -0.39 is 0 Å². The van der Waals surface area contributed by atoms with Gasteiger partial charge in [0.05, 0.1) is 5.69 Å². The molecule has 0 saturated heterocycles. The third-order valence-corrected chi connectivity index (χ3v) is 4.52. The number of benzene rings is 2. The number of nitrogens with zero attached hydrogens (tertiary/aromatic N) is 1. The molecule has 0 aliphatic heterocycles. The molecular formula is C17H19ClN2OS. The van der Waals surface area contributed by atoms with E-state index in [1.165, 1.54) is 11.9 Å². The molecule has 5 heteroatoms. The van der Waals surface area contributed by atoms with E-state index in [0.29, 0.717) is 11.6 Å². The van der Waals surface area contributed by atoms with Crippen LogP contribution in [0, 0.1) is 6.92 Å². The monoisotopic (exact) mass is 334 g/mol. The van der Waals surface area contributed by atoms with Crippen LogP contribution >= 0.6 is 23.5 Å². The molecule has 0 fully saturated rings. The Kier molecular flexibility index (Phi) is 6.16. The Morgan fingerprint density at radius 3 is 2.59 bits per heavy atom. The summed E-state index contributed by atoms with van der Waals surface area (Å²) in [7, 11) is 0. The first-order chi connectivity index (χ1) is 10.6. The predicted octanol–water partition coefficient (Wildman–Crippen LogP) is 4.05. The lowest BCUT2D eigenvalue weighted by Crippen LogP contribution is -2.33. The Bertz CT molecular complexity index is 634. The van der Waals surface area contributed by atoms with Crippen molar-refractivity contribution in [3.8, 4) is 0 Å². The molecular weight excluding hydrogens is 316 g/mol. The third kappa shape index (κ3) is 4.42. The highest BCUT2D eigenvalue weighted by molar-refractivity contribution is 8.00. The zero-order valence-electron chi connectivity index (χ0n) is 12.7. The van der Waals surface area contributed by atoms with Crippen LogP contribution in [-0.4, -0.2) is 18.7 Å². The van der Waals surface area contributed by atoms with Crippen LogP contribution in [0.2, 0.25) is 5.02 Å². The van der Waals surface area contributed by atoms with Gasteiger partial charge < -0.3 is 9.62 Å². The number of hydrogen-bond donors (Lipinski definition) is 1. The lowest BCUT2D eigenvalue weighted by molar-refractivity contribution is -0.119. The fraction of sp³-hybridized carbons (Fsp3) is 0.235. The number of anilines is 1. The van der Waals surface area contributed by atoms with Crippen molar-refractivity contribution in [2.45, 2.75) is 13.5 Å². The fourth-order valence-electron chi connectivity index (χ4n) is 2.10. The van der Waals surface area contributed by atoms with E-state index in [4.69, 9.17) is 11.6 Å². The quantitative estimate of drug-likeness (QED) is 0.809. The maximum absolute atomic E-state index is 12.2. The number of carbonyl (C=O) groups is 1. The van der Waals surface area contributed by atoms with Gasteiger partial charge in [0.25, 0.3) is 0 Å². The molecule has 3 nitrogen and oxygen atoms in total. The first-order valence-corrected chi connectivity index (χ1v) is 8.55. The van der Waals surface area contributed by atoms with Gasteiger partial charge in [-0.15, -0.1) is 0 Å². The van der Waals surface area contributed by atoms with Gasteiger partial charge >= 0.3 is 0 Å². The minimum Gasteiger partial charge on any atom is -0.350 e. The zero-order valence-corrected chi connectivity index (χ0v) is 14.2. The van der Waals surface area contributed by atoms with Crippen molar-refractivity contribution >= 4 is 35.1 Å². The molecule has 0 aliphatic rings. The van der Waals surface area contributed by atoms with Gasteiger partial charge in [0.2, 0.25) is 5.91 Å². The highest BCUT2D eigenvalue weighted by atomic mass is 35.5. The summed E-state index contributed by atoms with van der Waals surface area (Å²) in [6.07, 6.45) is 1.95. The SMILES string of the molecule is CSN(CC(=O)NCc1ccccc1)c1cccc(Cl)c1C. The molecule has 0 saturated carbocycles. The summed E-state index contributed by atoms with van der Waals surface area (Å²) in [6, 6.07) is 15.6. The van der Waals surface area contributed by atoms with E-state index in [1.807, 2.05) is 66.0 Å². The lowest BCUT2D eigenvalue weighted by Gasteiger charge is -2.23. The van der Waals surface area contributed by atoms with Crippen molar-refractivity contribution < 1.29 is 4.79 Å². The molecule has 22 heavy (non-hydrogen) atoms. The number of nitrogens with one attached hydrogen (secondary N) is 1. The average Bonchev–Trinajstić information content (AvgIpc) is 2.54. The van der Waals surface area contributed by atoms with Crippen LogP contribution in [0.15, 0.2) is 48.5 Å². The topological polar surface area (TPSA) is 32.3 Å². The van der Waals surface area contributed by atoms with Gasteiger partial charge in [0, 0.05) is 17.8 Å². The Morgan fingerprint density at radius 2 is 1.91 bits per heavy atom. The van der Waals surface area contributed by atoms with Crippen LogP contribution in [0.5, 0.6) is 0 Å². The largest absolute Gasteiger partial charge is 0.350 e. The average molecular weight is 335 g/mol. The molecule has 1 N–H and O–H groups in total. The van der Waals surface area contributed by atoms with Crippen molar-refractivity contribution in [2.75, 3.05) is 17.1 Å². The summed E-state index contributed by atoms with van der Waals surface area (Å²) in [5.41, 5.74) is 3.04. The molecule has 2 rings (SSSR count).